The topological polar surface area (TPSA) is 103 Å². The Morgan fingerprint density at radius 2 is 2.12 bits per heavy atom. The molecule has 7 nitrogen and oxygen atoms in total. The monoisotopic (exact) mass is 355 g/mol. The quantitative estimate of drug-likeness (QED) is 0.728. The van der Waals surface area contributed by atoms with Crippen LogP contribution in [0.5, 0.6) is 5.75 Å². The maximum atomic E-state index is 12.4. The largest absolute Gasteiger partial charge is 0.497 e. The van der Waals surface area contributed by atoms with Gasteiger partial charge in [0.25, 0.3) is 5.91 Å². The standard InChI is InChI=1S/C17H17N5O2S/c1-10-9-25-16(20-10)14-7-13(21-17(18)22-14)15(23)19-8-11-4-3-5-12(6-11)24-2/h3-7,9H,8H2,1-2H3,(H,19,23)(H2,18,21,22). The number of nitrogens with two attached hydrogens (primary N) is 1. The highest BCUT2D eigenvalue weighted by molar-refractivity contribution is 7.13. The third-order valence-electron chi connectivity index (χ3n) is 3.40. The van der Waals surface area contributed by atoms with Gasteiger partial charge in [0.2, 0.25) is 5.95 Å². The predicted octanol–water partition coefficient (Wildman–Crippen LogP) is 2.43. The van der Waals surface area contributed by atoms with Gasteiger partial charge in [-0.15, -0.1) is 11.3 Å². The van der Waals surface area contributed by atoms with Gasteiger partial charge in [-0.1, -0.05) is 12.1 Å². The van der Waals surface area contributed by atoms with Gasteiger partial charge in [-0.2, -0.15) is 0 Å². The summed E-state index contributed by atoms with van der Waals surface area (Å²) in [7, 11) is 1.60. The summed E-state index contributed by atoms with van der Waals surface area (Å²) >= 11 is 1.44. The first-order valence-electron chi connectivity index (χ1n) is 7.53. The van der Waals surface area contributed by atoms with Crippen molar-refractivity contribution in [3.05, 3.63) is 52.7 Å². The van der Waals surface area contributed by atoms with Crippen LogP contribution in [0.3, 0.4) is 0 Å². The lowest BCUT2D eigenvalue weighted by molar-refractivity contribution is 0.0946. The van der Waals surface area contributed by atoms with Gasteiger partial charge in [0, 0.05) is 17.6 Å². The number of rotatable bonds is 5. The maximum Gasteiger partial charge on any atom is 0.270 e. The van der Waals surface area contributed by atoms with E-state index in [1.807, 2.05) is 36.6 Å². The first-order chi connectivity index (χ1) is 12.0. The molecule has 0 saturated carbocycles. The number of nitrogens with one attached hydrogen (secondary N) is 1. The summed E-state index contributed by atoms with van der Waals surface area (Å²) in [6.45, 7) is 2.25. The van der Waals surface area contributed by atoms with Crippen LogP contribution >= 0.6 is 11.3 Å². The van der Waals surface area contributed by atoms with Gasteiger partial charge in [-0.25, -0.2) is 15.0 Å². The van der Waals surface area contributed by atoms with E-state index in [2.05, 4.69) is 20.3 Å². The number of amides is 1. The third-order valence-corrected chi connectivity index (χ3v) is 4.38. The Balaban J connectivity index is 1.76. The van der Waals surface area contributed by atoms with Crippen LogP contribution in [0.25, 0.3) is 10.7 Å². The van der Waals surface area contributed by atoms with E-state index in [1.165, 1.54) is 11.3 Å². The van der Waals surface area contributed by atoms with E-state index in [0.29, 0.717) is 17.2 Å². The van der Waals surface area contributed by atoms with E-state index in [9.17, 15) is 4.79 Å². The molecule has 8 heteroatoms. The molecule has 25 heavy (non-hydrogen) atoms. The van der Waals surface area contributed by atoms with Gasteiger partial charge in [-0.3, -0.25) is 4.79 Å². The fourth-order valence-corrected chi connectivity index (χ4v) is 2.98. The number of nitrogen functional groups attached to an aromatic ring is 1. The third kappa shape index (κ3) is 4.10. The fourth-order valence-electron chi connectivity index (χ4n) is 2.22. The number of nitrogens with zero attached hydrogens (tertiary/aromatic N) is 3. The van der Waals surface area contributed by atoms with E-state index in [0.717, 1.165) is 17.0 Å². The highest BCUT2D eigenvalue weighted by atomic mass is 32.1. The second-order valence-corrected chi connectivity index (χ2v) is 6.18. The number of aryl methyl sites for hydroxylation is 1. The molecule has 0 aliphatic rings. The van der Waals surface area contributed by atoms with Crippen molar-refractivity contribution in [2.24, 2.45) is 0 Å². The second kappa shape index (κ2) is 7.27. The van der Waals surface area contributed by atoms with Crippen LogP contribution in [-0.2, 0) is 6.54 Å². The van der Waals surface area contributed by atoms with E-state index in [4.69, 9.17) is 10.5 Å². The molecule has 0 radical (unpaired) electrons. The Morgan fingerprint density at radius 3 is 2.84 bits per heavy atom. The Kier molecular flexibility index (Phi) is 4.90. The number of anilines is 1. The zero-order valence-corrected chi connectivity index (χ0v) is 14.6. The van der Waals surface area contributed by atoms with Gasteiger partial charge in [0.15, 0.2) is 0 Å². The molecule has 0 aliphatic carbocycles. The molecule has 3 N–H and O–H groups in total. The molecule has 0 bridgehead atoms. The molecule has 0 spiro atoms. The highest BCUT2D eigenvalue weighted by Gasteiger charge is 2.13. The number of methoxy groups -OCH3 is 1. The lowest BCUT2D eigenvalue weighted by Crippen LogP contribution is -2.24. The van der Waals surface area contributed by atoms with Crippen LogP contribution in [0, 0.1) is 6.92 Å². The molecule has 0 fully saturated rings. The number of thiazole rings is 1. The summed E-state index contributed by atoms with van der Waals surface area (Å²) in [6.07, 6.45) is 0. The van der Waals surface area contributed by atoms with Crippen molar-refractivity contribution >= 4 is 23.2 Å². The SMILES string of the molecule is COc1cccc(CNC(=O)c2cc(-c3nc(C)cs3)nc(N)n2)c1. The van der Waals surface area contributed by atoms with Crippen molar-refractivity contribution in [3.63, 3.8) is 0 Å². The van der Waals surface area contributed by atoms with Crippen molar-refractivity contribution in [1.29, 1.82) is 0 Å². The molecule has 1 aromatic carbocycles. The van der Waals surface area contributed by atoms with Gasteiger partial charge in [0.05, 0.1) is 7.11 Å². The Morgan fingerprint density at radius 1 is 1.28 bits per heavy atom. The number of benzene rings is 1. The number of carbonyl (C=O) groups excluding carboxylic acids is 1. The van der Waals surface area contributed by atoms with Crippen LogP contribution < -0.4 is 15.8 Å². The van der Waals surface area contributed by atoms with Crippen molar-refractivity contribution in [1.82, 2.24) is 20.3 Å². The Labute approximate surface area is 148 Å². The summed E-state index contributed by atoms with van der Waals surface area (Å²) in [4.78, 5) is 24.9. The van der Waals surface area contributed by atoms with E-state index >= 15 is 0 Å². The molecular weight excluding hydrogens is 338 g/mol. The summed E-state index contributed by atoms with van der Waals surface area (Å²) < 4.78 is 5.17. The number of hydrogen-bond acceptors (Lipinski definition) is 7. The van der Waals surface area contributed by atoms with Crippen molar-refractivity contribution < 1.29 is 9.53 Å². The Bertz CT molecular complexity index is 910. The minimum absolute atomic E-state index is 0.0388. The average molecular weight is 355 g/mol. The number of hydrogen-bond donors (Lipinski definition) is 2. The summed E-state index contributed by atoms with van der Waals surface area (Å²) in [6, 6.07) is 9.07. The summed E-state index contributed by atoms with van der Waals surface area (Å²) in [5, 5.41) is 5.44. The first-order valence-corrected chi connectivity index (χ1v) is 8.41. The first kappa shape index (κ1) is 16.8. The highest BCUT2D eigenvalue weighted by Crippen LogP contribution is 2.22. The predicted molar refractivity (Wildman–Crippen MR) is 96.5 cm³/mol. The fraction of sp³-hybridized carbons (Fsp3) is 0.176. The normalized spacial score (nSPS) is 10.5. The summed E-state index contributed by atoms with van der Waals surface area (Å²) in [5.41, 5.74) is 8.30. The molecule has 0 saturated heterocycles. The van der Waals surface area contributed by atoms with Crippen molar-refractivity contribution in [3.8, 4) is 16.5 Å². The van der Waals surface area contributed by atoms with Gasteiger partial charge >= 0.3 is 0 Å². The number of aromatic nitrogens is 3. The molecule has 3 aromatic rings. The lowest BCUT2D eigenvalue weighted by Gasteiger charge is -2.07. The molecule has 0 atom stereocenters. The Hall–Kier alpha value is -3.00. The molecule has 128 valence electrons. The summed E-state index contributed by atoms with van der Waals surface area (Å²) in [5.74, 6) is 0.447. The molecule has 3 rings (SSSR count). The maximum absolute atomic E-state index is 12.4. The molecular formula is C17H17N5O2S. The average Bonchev–Trinajstić information content (AvgIpc) is 3.06. The van der Waals surface area contributed by atoms with Gasteiger partial charge < -0.3 is 15.8 Å². The number of ether oxygens (including phenoxy) is 1. The minimum atomic E-state index is -0.327. The minimum Gasteiger partial charge on any atom is -0.497 e. The molecule has 0 unspecified atom stereocenters. The van der Waals surface area contributed by atoms with Crippen LogP contribution in [-0.4, -0.2) is 28.0 Å². The van der Waals surface area contributed by atoms with E-state index in [-0.39, 0.29) is 17.5 Å². The smallest absolute Gasteiger partial charge is 0.270 e. The molecule has 1 amide bonds. The van der Waals surface area contributed by atoms with E-state index < -0.39 is 0 Å². The molecule has 2 heterocycles. The molecule has 2 aromatic heterocycles. The molecule has 0 aliphatic heterocycles. The van der Waals surface area contributed by atoms with Crippen LogP contribution in [0.15, 0.2) is 35.7 Å². The van der Waals surface area contributed by atoms with E-state index in [1.54, 1.807) is 13.2 Å². The van der Waals surface area contributed by atoms with Crippen LogP contribution in [0.1, 0.15) is 21.7 Å². The van der Waals surface area contributed by atoms with Crippen LogP contribution in [0.4, 0.5) is 5.95 Å². The number of carbonyl (C=O) groups is 1. The van der Waals surface area contributed by atoms with Crippen molar-refractivity contribution in [2.45, 2.75) is 13.5 Å². The van der Waals surface area contributed by atoms with Gasteiger partial charge in [-0.05, 0) is 30.7 Å². The van der Waals surface area contributed by atoms with Gasteiger partial charge in [0.1, 0.15) is 22.1 Å². The zero-order valence-electron chi connectivity index (χ0n) is 13.8. The zero-order chi connectivity index (χ0) is 17.8. The second-order valence-electron chi connectivity index (χ2n) is 5.32. The van der Waals surface area contributed by atoms with Crippen molar-refractivity contribution in [2.75, 3.05) is 12.8 Å². The van der Waals surface area contributed by atoms with Crippen LogP contribution in [0.2, 0.25) is 0 Å². The lowest BCUT2D eigenvalue weighted by atomic mass is 10.2.